The zero-order valence-corrected chi connectivity index (χ0v) is 15.1. The van der Waals surface area contributed by atoms with Crippen molar-refractivity contribution in [1.29, 1.82) is 0 Å². The molecule has 29 heavy (non-hydrogen) atoms. The molecule has 7 heteroatoms. The minimum absolute atomic E-state index is 0.115. The highest BCUT2D eigenvalue weighted by atomic mass is 19.4. The van der Waals surface area contributed by atoms with Gasteiger partial charge in [0, 0.05) is 5.69 Å². The van der Waals surface area contributed by atoms with Gasteiger partial charge in [-0.3, -0.25) is 9.59 Å². The first-order valence-electron chi connectivity index (χ1n) is 8.73. The number of nitrogens with one attached hydrogen (secondary N) is 2. The SMILES string of the molecule is O=C(Nc1cccc(C(F)(F)F)c1)C(=O)NC(c1ccccc1)c1ccccc1. The number of halogens is 3. The van der Waals surface area contributed by atoms with E-state index in [1.54, 1.807) is 24.3 Å². The van der Waals surface area contributed by atoms with E-state index < -0.39 is 29.6 Å². The van der Waals surface area contributed by atoms with Crippen LogP contribution in [-0.2, 0) is 15.8 Å². The minimum Gasteiger partial charge on any atom is -0.337 e. The van der Waals surface area contributed by atoms with Crippen molar-refractivity contribution in [3.05, 3.63) is 102 Å². The molecule has 0 aliphatic heterocycles. The zero-order chi connectivity index (χ0) is 20.9. The average Bonchev–Trinajstić information content (AvgIpc) is 2.72. The van der Waals surface area contributed by atoms with Crippen molar-refractivity contribution in [3.8, 4) is 0 Å². The molecule has 3 aromatic carbocycles. The topological polar surface area (TPSA) is 58.2 Å². The second-order valence-corrected chi connectivity index (χ2v) is 6.26. The Morgan fingerprint density at radius 2 is 1.28 bits per heavy atom. The standard InChI is InChI=1S/C22H17F3N2O2/c23-22(24,25)17-12-7-13-18(14-17)26-20(28)21(29)27-19(15-8-3-1-4-9-15)16-10-5-2-6-11-16/h1-14,19H,(H,26,28)(H,27,29). The van der Waals surface area contributed by atoms with E-state index in [0.29, 0.717) is 0 Å². The molecule has 0 aliphatic carbocycles. The van der Waals surface area contributed by atoms with Crippen molar-refractivity contribution in [2.24, 2.45) is 0 Å². The quantitative estimate of drug-likeness (QED) is 0.634. The molecule has 0 heterocycles. The van der Waals surface area contributed by atoms with Crippen molar-refractivity contribution in [3.63, 3.8) is 0 Å². The third-order valence-corrected chi connectivity index (χ3v) is 4.20. The molecule has 0 aliphatic rings. The van der Waals surface area contributed by atoms with Gasteiger partial charge < -0.3 is 10.6 Å². The van der Waals surface area contributed by atoms with E-state index in [1.165, 1.54) is 6.07 Å². The highest BCUT2D eigenvalue weighted by Crippen LogP contribution is 2.30. The van der Waals surface area contributed by atoms with E-state index in [-0.39, 0.29) is 5.69 Å². The summed E-state index contributed by atoms with van der Waals surface area (Å²) in [5.74, 6) is -2.01. The summed E-state index contributed by atoms with van der Waals surface area (Å²) in [7, 11) is 0. The molecule has 2 N–H and O–H groups in total. The van der Waals surface area contributed by atoms with Crippen LogP contribution in [0.2, 0.25) is 0 Å². The van der Waals surface area contributed by atoms with Crippen LogP contribution in [0.1, 0.15) is 22.7 Å². The third-order valence-electron chi connectivity index (χ3n) is 4.20. The van der Waals surface area contributed by atoms with Crippen molar-refractivity contribution in [2.45, 2.75) is 12.2 Å². The lowest BCUT2D eigenvalue weighted by atomic mass is 9.99. The van der Waals surface area contributed by atoms with Gasteiger partial charge in [0.05, 0.1) is 11.6 Å². The second kappa shape index (κ2) is 8.60. The third kappa shape index (κ3) is 5.22. The van der Waals surface area contributed by atoms with Gasteiger partial charge in [-0.15, -0.1) is 0 Å². The van der Waals surface area contributed by atoms with Crippen LogP contribution in [0.4, 0.5) is 18.9 Å². The van der Waals surface area contributed by atoms with Crippen molar-refractivity contribution >= 4 is 17.5 Å². The molecule has 0 atom stereocenters. The molecule has 0 fully saturated rings. The molecular weight excluding hydrogens is 381 g/mol. The predicted octanol–water partition coefficient (Wildman–Crippen LogP) is 4.55. The Morgan fingerprint density at radius 3 is 1.79 bits per heavy atom. The maximum atomic E-state index is 12.8. The summed E-state index contributed by atoms with van der Waals surface area (Å²) in [6, 6.07) is 21.6. The van der Waals surface area contributed by atoms with Gasteiger partial charge >= 0.3 is 18.0 Å². The van der Waals surface area contributed by atoms with Crippen LogP contribution in [0.15, 0.2) is 84.9 Å². The van der Waals surface area contributed by atoms with E-state index in [4.69, 9.17) is 0 Å². The first kappa shape index (κ1) is 20.1. The van der Waals surface area contributed by atoms with Crippen LogP contribution in [-0.4, -0.2) is 11.8 Å². The van der Waals surface area contributed by atoms with Crippen LogP contribution in [0.3, 0.4) is 0 Å². The summed E-state index contributed by atoms with van der Waals surface area (Å²) in [5, 5.41) is 4.85. The maximum Gasteiger partial charge on any atom is 0.416 e. The summed E-state index contributed by atoms with van der Waals surface area (Å²) >= 11 is 0. The van der Waals surface area contributed by atoms with Crippen molar-refractivity contribution < 1.29 is 22.8 Å². The molecule has 4 nitrogen and oxygen atoms in total. The van der Waals surface area contributed by atoms with Gasteiger partial charge in [-0.1, -0.05) is 66.7 Å². The molecule has 0 bridgehead atoms. The van der Waals surface area contributed by atoms with Crippen LogP contribution < -0.4 is 10.6 Å². The lowest BCUT2D eigenvalue weighted by Crippen LogP contribution is -2.38. The maximum absolute atomic E-state index is 12.8. The molecule has 0 radical (unpaired) electrons. The number of hydrogen-bond donors (Lipinski definition) is 2. The van der Waals surface area contributed by atoms with E-state index in [9.17, 15) is 22.8 Å². The first-order valence-corrected chi connectivity index (χ1v) is 8.73. The van der Waals surface area contributed by atoms with Crippen LogP contribution >= 0.6 is 0 Å². The molecule has 0 aromatic heterocycles. The lowest BCUT2D eigenvalue weighted by molar-refractivity contribution is -0.137. The Kier molecular flexibility index (Phi) is 5.97. The van der Waals surface area contributed by atoms with Gasteiger partial charge in [0.2, 0.25) is 0 Å². The Balaban J connectivity index is 1.77. The molecule has 148 valence electrons. The van der Waals surface area contributed by atoms with Gasteiger partial charge in [-0.25, -0.2) is 0 Å². The highest BCUT2D eigenvalue weighted by molar-refractivity contribution is 6.39. The number of anilines is 1. The Bertz CT molecular complexity index is 950. The summed E-state index contributed by atoms with van der Waals surface area (Å²) in [6.07, 6.45) is -4.55. The van der Waals surface area contributed by atoms with Gasteiger partial charge in [0.1, 0.15) is 0 Å². The van der Waals surface area contributed by atoms with Gasteiger partial charge in [0.15, 0.2) is 0 Å². The number of carbonyl (C=O) groups excluding carboxylic acids is 2. The van der Waals surface area contributed by atoms with E-state index in [1.807, 2.05) is 36.4 Å². The number of rotatable bonds is 4. The fourth-order valence-electron chi connectivity index (χ4n) is 2.81. The van der Waals surface area contributed by atoms with Crippen LogP contribution in [0.25, 0.3) is 0 Å². The van der Waals surface area contributed by atoms with Gasteiger partial charge in [-0.05, 0) is 29.3 Å². The average molecular weight is 398 g/mol. The minimum atomic E-state index is -4.55. The lowest BCUT2D eigenvalue weighted by Gasteiger charge is -2.19. The second-order valence-electron chi connectivity index (χ2n) is 6.26. The monoisotopic (exact) mass is 398 g/mol. The van der Waals surface area contributed by atoms with E-state index >= 15 is 0 Å². The van der Waals surface area contributed by atoms with Gasteiger partial charge in [-0.2, -0.15) is 13.2 Å². The zero-order valence-electron chi connectivity index (χ0n) is 15.1. The number of carbonyl (C=O) groups is 2. The van der Waals surface area contributed by atoms with Gasteiger partial charge in [0.25, 0.3) is 0 Å². The fourth-order valence-corrected chi connectivity index (χ4v) is 2.81. The fraction of sp³-hybridized carbons (Fsp3) is 0.0909. The van der Waals surface area contributed by atoms with E-state index in [0.717, 1.165) is 29.3 Å². The summed E-state index contributed by atoms with van der Waals surface area (Å²) in [6.45, 7) is 0. The molecular formula is C22H17F3N2O2. The predicted molar refractivity (Wildman–Crippen MR) is 103 cm³/mol. The molecule has 3 aromatic rings. The molecule has 0 spiro atoms. The molecule has 2 amide bonds. The normalized spacial score (nSPS) is 11.2. The number of amides is 2. The molecule has 0 unspecified atom stereocenters. The van der Waals surface area contributed by atoms with Crippen LogP contribution in [0.5, 0.6) is 0 Å². The van der Waals surface area contributed by atoms with Crippen LogP contribution in [0, 0.1) is 0 Å². The number of alkyl halides is 3. The Hall–Kier alpha value is -3.61. The summed E-state index contributed by atoms with van der Waals surface area (Å²) in [4.78, 5) is 24.7. The Morgan fingerprint density at radius 1 is 0.724 bits per heavy atom. The Labute approximate surface area is 165 Å². The number of hydrogen-bond acceptors (Lipinski definition) is 2. The van der Waals surface area contributed by atoms with Crippen molar-refractivity contribution in [2.75, 3.05) is 5.32 Å². The molecule has 0 saturated carbocycles. The van der Waals surface area contributed by atoms with Crippen molar-refractivity contribution in [1.82, 2.24) is 5.32 Å². The molecule has 0 saturated heterocycles. The van der Waals surface area contributed by atoms with E-state index in [2.05, 4.69) is 10.6 Å². The summed E-state index contributed by atoms with van der Waals surface area (Å²) < 4.78 is 38.5. The molecule has 3 rings (SSSR count). The largest absolute Gasteiger partial charge is 0.416 e. The first-order chi connectivity index (χ1) is 13.8. The smallest absolute Gasteiger partial charge is 0.337 e. The summed E-state index contributed by atoms with van der Waals surface area (Å²) in [5.41, 5.74) is 0.496. The number of benzene rings is 3. The highest BCUT2D eigenvalue weighted by Gasteiger charge is 2.30.